The summed E-state index contributed by atoms with van der Waals surface area (Å²) in [6.45, 7) is 2.16. The summed E-state index contributed by atoms with van der Waals surface area (Å²) in [4.78, 5) is 38.3. The normalized spacial score (nSPS) is 15.5. The van der Waals surface area contributed by atoms with Gasteiger partial charge in [-0.15, -0.1) is 0 Å². The zero-order valence-corrected chi connectivity index (χ0v) is 17.0. The van der Waals surface area contributed by atoms with E-state index in [1.807, 2.05) is 0 Å². The van der Waals surface area contributed by atoms with Gasteiger partial charge in [-0.05, 0) is 55.0 Å². The Bertz CT molecular complexity index is 1020. The number of hydrogen-bond donors (Lipinski definition) is 1. The number of nitrogens with one attached hydrogen (secondary N) is 1. The summed E-state index contributed by atoms with van der Waals surface area (Å²) in [6.07, 6.45) is 1.33. The van der Waals surface area contributed by atoms with Gasteiger partial charge in [0.2, 0.25) is 0 Å². The van der Waals surface area contributed by atoms with Crippen molar-refractivity contribution in [3.63, 3.8) is 0 Å². The second-order valence-electron chi connectivity index (χ2n) is 5.90. The first-order valence-electron chi connectivity index (χ1n) is 8.53. The summed E-state index contributed by atoms with van der Waals surface area (Å²) in [7, 11) is 1.45. The Morgan fingerprint density at radius 3 is 2.41 bits per heavy atom. The molecule has 0 spiro atoms. The molecule has 4 amide bonds. The van der Waals surface area contributed by atoms with E-state index >= 15 is 0 Å². The first kappa shape index (κ1) is 20.7. The van der Waals surface area contributed by atoms with Crippen LogP contribution in [0.15, 0.2) is 42.0 Å². The van der Waals surface area contributed by atoms with Crippen LogP contribution in [0.2, 0.25) is 10.0 Å². The largest absolute Gasteiger partial charge is 0.491 e. The van der Waals surface area contributed by atoms with E-state index in [0.717, 1.165) is 4.90 Å². The second-order valence-corrected chi connectivity index (χ2v) is 6.75. The maximum absolute atomic E-state index is 12.9. The number of rotatable bonds is 5. The number of carbonyl (C=O) groups is 3. The van der Waals surface area contributed by atoms with Gasteiger partial charge >= 0.3 is 6.03 Å². The fourth-order valence-corrected chi connectivity index (χ4v) is 3.20. The fraction of sp³-hybridized carbons (Fsp3) is 0.150. The van der Waals surface area contributed by atoms with Gasteiger partial charge in [0.05, 0.1) is 24.4 Å². The van der Waals surface area contributed by atoms with E-state index in [1.165, 1.54) is 43.5 Å². The van der Waals surface area contributed by atoms with Crippen molar-refractivity contribution < 1.29 is 23.9 Å². The Labute approximate surface area is 176 Å². The molecule has 1 N–H and O–H groups in total. The molecule has 1 fully saturated rings. The molecule has 150 valence electrons. The number of carbonyl (C=O) groups excluding carboxylic acids is 3. The molecule has 2 aromatic carbocycles. The Morgan fingerprint density at radius 1 is 1.10 bits per heavy atom. The summed E-state index contributed by atoms with van der Waals surface area (Å²) in [5.74, 6) is -0.877. The van der Waals surface area contributed by atoms with Crippen LogP contribution in [-0.4, -0.2) is 31.6 Å². The molecule has 29 heavy (non-hydrogen) atoms. The van der Waals surface area contributed by atoms with Crippen molar-refractivity contribution in [3.05, 3.63) is 57.6 Å². The lowest BCUT2D eigenvalue weighted by atomic mass is 10.1. The standard InChI is InChI=1S/C20H16Cl2N2O5/c1-3-29-16-10-11(9-15(22)17(16)28-2)8-14-18(25)23-20(27)24(19(14)26)13-6-4-12(21)5-7-13/h4-10H,3H2,1-2H3,(H,23,25,27)/b14-8+. The first-order chi connectivity index (χ1) is 13.8. The molecule has 9 heteroatoms. The maximum Gasteiger partial charge on any atom is 0.335 e. The molecule has 1 aliphatic rings. The van der Waals surface area contributed by atoms with Gasteiger partial charge in [-0.1, -0.05) is 23.2 Å². The quantitative estimate of drug-likeness (QED) is 0.566. The lowest BCUT2D eigenvalue weighted by Crippen LogP contribution is -2.54. The van der Waals surface area contributed by atoms with Gasteiger partial charge in [-0.2, -0.15) is 0 Å². The molecule has 0 bridgehead atoms. The van der Waals surface area contributed by atoms with Crippen molar-refractivity contribution in [2.24, 2.45) is 0 Å². The molecule has 0 atom stereocenters. The Kier molecular flexibility index (Phi) is 6.10. The van der Waals surface area contributed by atoms with Gasteiger partial charge in [0.1, 0.15) is 5.57 Å². The molecule has 3 rings (SSSR count). The Hall–Kier alpha value is -3.03. The minimum Gasteiger partial charge on any atom is -0.491 e. The number of anilines is 1. The molecule has 0 aromatic heterocycles. The van der Waals surface area contributed by atoms with Crippen LogP contribution in [0.25, 0.3) is 6.08 Å². The molecule has 2 aromatic rings. The summed E-state index contributed by atoms with van der Waals surface area (Å²) < 4.78 is 10.7. The Balaban J connectivity index is 2.03. The van der Waals surface area contributed by atoms with Gasteiger partial charge < -0.3 is 9.47 Å². The average Bonchev–Trinajstić information content (AvgIpc) is 2.67. The highest BCUT2D eigenvalue weighted by atomic mass is 35.5. The van der Waals surface area contributed by atoms with Crippen LogP contribution in [-0.2, 0) is 9.59 Å². The molecule has 1 aliphatic heterocycles. The maximum atomic E-state index is 12.9. The number of methoxy groups -OCH3 is 1. The van der Waals surface area contributed by atoms with Gasteiger partial charge in [0, 0.05) is 5.02 Å². The molecule has 0 aliphatic carbocycles. The van der Waals surface area contributed by atoms with E-state index in [4.69, 9.17) is 32.7 Å². The number of urea groups is 1. The SMILES string of the molecule is CCOc1cc(/C=C2\C(=O)NC(=O)N(c3ccc(Cl)cc3)C2=O)cc(Cl)c1OC. The van der Waals surface area contributed by atoms with Crippen LogP contribution < -0.4 is 19.7 Å². The molecule has 1 heterocycles. The molecular weight excluding hydrogens is 419 g/mol. The molecule has 0 radical (unpaired) electrons. The van der Waals surface area contributed by atoms with E-state index in [0.29, 0.717) is 28.7 Å². The van der Waals surface area contributed by atoms with Crippen molar-refractivity contribution in [2.45, 2.75) is 6.92 Å². The second kappa shape index (κ2) is 8.55. The lowest BCUT2D eigenvalue weighted by Gasteiger charge is -2.26. The summed E-state index contributed by atoms with van der Waals surface area (Å²) in [5, 5.41) is 2.85. The highest BCUT2D eigenvalue weighted by molar-refractivity contribution is 6.39. The summed E-state index contributed by atoms with van der Waals surface area (Å²) in [5.41, 5.74) is 0.476. The van der Waals surface area contributed by atoms with Crippen molar-refractivity contribution in [1.29, 1.82) is 0 Å². The third-order valence-corrected chi connectivity index (χ3v) is 4.57. The molecule has 7 nitrogen and oxygen atoms in total. The predicted molar refractivity (Wildman–Crippen MR) is 110 cm³/mol. The molecule has 0 saturated carbocycles. The monoisotopic (exact) mass is 434 g/mol. The van der Waals surface area contributed by atoms with Crippen LogP contribution >= 0.6 is 23.2 Å². The summed E-state index contributed by atoms with van der Waals surface area (Å²) in [6, 6.07) is 8.35. The van der Waals surface area contributed by atoms with E-state index in [-0.39, 0.29) is 16.3 Å². The van der Waals surface area contributed by atoms with Crippen LogP contribution in [0.4, 0.5) is 10.5 Å². The third-order valence-electron chi connectivity index (χ3n) is 4.03. The number of imide groups is 2. The fourth-order valence-electron chi connectivity index (χ4n) is 2.78. The first-order valence-corrected chi connectivity index (χ1v) is 9.28. The highest BCUT2D eigenvalue weighted by Gasteiger charge is 2.36. The van der Waals surface area contributed by atoms with E-state index in [1.54, 1.807) is 13.0 Å². The van der Waals surface area contributed by atoms with Crippen molar-refractivity contribution in [3.8, 4) is 11.5 Å². The Morgan fingerprint density at radius 2 is 1.79 bits per heavy atom. The van der Waals surface area contributed by atoms with E-state index < -0.39 is 17.8 Å². The van der Waals surface area contributed by atoms with E-state index in [9.17, 15) is 14.4 Å². The zero-order valence-electron chi connectivity index (χ0n) is 15.5. The topological polar surface area (TPSA) is 84.9 Å². The number of benzene rings is 2. The average molecular weight is 435 g/mol. The van der Waals surface area contributed by atoms with Crippen LogP contribution in [0.3, 0.4) is 0 Å². The van der Waals surface area contributed by atoms with Gasteiger partial charge in [0.25, 0.3) is 11.8 Å². The van der Waals surface area contributed by atoms with E-state index in [2.05, 4.69) is 5.32 Å². The van der Waals surface area contributed by atoms with Crippen molar-refractivity contribution in [1.82, 2.24) is 5.32 Å². The van der Waals surface area contributed by atoms with Gasteiger partial charge in [-0.25, -0.2) is 9.69 Å². The van der Waals surface area contributed by atoms with Gasteiger partial charge in [0.15, 0.2) is 11.5 Å². The smallest absolute Gasteiger partial charge is 0.335 e. The van der Waals surface area contributed by atoms with Gasteiger partial charge in [-0.3, -0.25) is 14.9 Å². The third kappa shape index (κ3) is 4.21. The molecule has 0 unspecified atom stereocenters. The highest BCUT2D eigenvalue weighted by Crippen LogP contribution is 2.37. The molecule has 1 saturated heterocycles. The van der Waals surface area contributed by atoms with Crippen LogP contribution in [0, 0.1) is 0 Å². The number of barbiturate groups is 1. The lowest BCUT2D eigenvalue weighted by molar-refractivity contribution is -0.122. The predicted octanol–water partition coefficient (Wildman–Crippen LogP) is 4.07. The number of hydrogen-bond acceptors (Lipinski definition) is 5. The molecular formula is C20H16Cl2N2O5. The minimum absolute atomic E-state index is 0.233. The van der Waals surface area contributed by atoms with Crippen LogP contribution in [0.1, 0.15) is 12.5 Å². The van der Waals surface area contributed by atoms with Crippen molar-refractivity contribution in [2.75, 3.05) is 18.6 Å². The minimum atomic E-state index is -0.845. The number of nitrogens with zero attached hydrogens (tertiary/aromatic N) is 1. The number of ether oxygens (including phenoxy) is 2. The number of halogens is 2. The van der Waals surface area contributed by atoms with Crippen molar-refractivity contribution >= 4 is 52.8 Å². The zero-order chi connectivity index (χ0) is 21.1. The van der Waals surface area contributed by atoms with Crippen LogP contribution in [0.5, 0.6) is 11.5 Å². The summed E-state index contributed by atoms with van der Waals surface area (Å²) >= 11 is 12.1. The number of amides is 4.